The summed E-state index contributed by atoms with van der Waals surface area (Å²) in [5.74, 6) is 0.532. The Bertz CT molecular complexity index is 507. The maximum Gasteiger partial charge on any atom is 0.164 e. The average Bonchev–Trinajstić information content (AvgIpc) is 2.69. The Morgan fingerprint density at radius 1 is 1.35 bits per heavy atom. The molecule has 1 aromatic heterocycles. The maximum absolute atomic E-state index is 13.0. The molecule has 0 aliphatic rings. The highest BCUT2D eigenvalue weighted by Gasteiger charge is 2.02. The molecule has 2 rings (SSSR count). The van der Waals surface area contributed by atoms with Gasteiger partial charge in [-0.1, -0.05) is 6.07 Å². The minimum atomic E-state index is -0.205. The van der Waals surface area contributed by atoms with Crippen LogP contribution in [0.5, 0.6) is 0 Å². The van der Waals surface area contributed by atoms with Crippen LogP contribution in [-0.4, -0.2) is 14.8 Å². The minimum Gasteiger partial charge on any atom is -0.306 e. The number of aryl methyl sites for hydroxylation is 2. The standard InChI is InChI=1S/C12H15FN4/c1-9-3-4-11(13)5-10(9)6-14-7-12-15-8-17(2)16-12/h3-5,8,14H,6-7H2,1-2H3. The van der Waals surface area contributed by atoms with E-state index in [2.05, 4.69) is 15.4 Å². The van der Waals surface area contributed by atoms with Gasteiger partial charge in [0.15, 0.2) is 5.82 Å². The highest BCUT2D eigenvalue weighted by atomic mass is 19.1. The lowest BCUT2D eigenvalue weighted by Gasteiger charge is -2.06. The van der Waals surface area contributed by atoms with Gasteiger partial charge in [-0.05, 0) is 30.2 Å². The lowest BCUT2D eigenvalue weighted by atomic mass is 10.1. The molecular weight excluding hydrogens is 219 g/mol. The monoisotopic (exact) mass is 234 g/mol. The van der Waals surface area contributed by atoms with Crippen molar-refractivity contribution in [1.82, 2.24) is 20.1 Å². The molecule has 5 heteroatoms. The number of nitrogens with zero attached hydrogens (tertiary/aromatic N) is 3. The van der Waals surface area contributed by atoms with E-state index in [4.69, 9.17) is 0 Å². The first-order valence-electron chi connectivity index (χ1n) is 5.45. The van der Waals surface area contributed by atoms with Gasteiger partial charge in [-0.15, -0.1) is 0 Å². The fourth-order valence-corrected chi connectivity index (χ4v) is 1.60. The second-order valence-corrected chi connectivity index (χ2v) is 4.01. The molecule has 4 nitrogen and oxygen atoms in total. The zero-order valence-electron chi connectivity index (χ0n) is 9.94. The highest BCUT2D eigenvalue weighted by molar-refractivity contribution is 5.26. The zero-order valence-corrected chi connectivity index (χ0v) is 9.94. The van der Waals surface area contributed by atoms with E-state index in [-0.39, 0.29) is 5.82 Å². The van der Waals surface area contributed by atoms with Gasteiger partial charge in [-0.3, -0.25) is 4.68 Å². The van der Waals surface area contributed by atoms with E-state index in [1.165, 1.54) is 6.07 Å². The number of nitrogens with one attached hydrogen (secondary N) is 1. The number of halogens is 1. The maximum atomic E-state index is 13.0. The molecule has 1 aromatic carbocycles. The van der Waals surface area contributed by atoms with Crippen molar-refractivity contribution in [3.05, 3.63) is 47.3 Å². The number of hydrogen-bond acceptors (Lipinski definition) is 3. The SMILES string of the molecule is Cc1ccc(F)cc1CNCc1ncn(C)n1. The Morgan fingerprint density at radius 2 is 2.18 bits per heavy atom. The largest absolute Gasteiger partial charge is 0.306 e. The summed E-state index contributed by atoms with van der Waals surface area (Å²) in [5, 5.41) is 7.35. The lowest BCUT2D eigenvalue weighted by molar-refractivity contribution is 0.614. The van der Waals surface area contributed by atoms with Crippen LogP contribution in [0, 0.1) is 12.7 Å². The summed E-state index contributed by atoms with van der Waals surface area (Å²) >= 11 is 0. The van der Waals surface area contributed by atoms with Gasteiger partial charge in [0, 0.05) is 13.6 Å². The molecule has 0 amide bonds. The minimum absolute atomic E-state index is 0.205. The summed E-state index contributed by atoms with van der Waals surface area (Å²) in [7, 11) is 1.83. The van der Waals surface area contributed by atoms with Crippen LogP contribution >= 0.6 is 0 Å². The van der Waals surface area contributed by atoms with Crippen molar-refractivity contribution in [2.24, 2.45) is 7.05 Å². The van der Waals surface area contributed by atoms with E-state index in [1.54, 1.807) is 23.1 Å². The van der Waals surface area contributed by atoms with Gasteiger partial charge in [0.1, 0.15) is 12.1 Å². The third kappa shape index (κ3) is 3.10. The molecule has 1 N–H and O–H groups in total. The Hall–Kier alpha value is -1.75. The van der Waals surface area contributed by atoms with Gasteiger partial charge in [0.25, 0.3) is 0 Å². The molecule has 17 heavy (non-hydrogen) atoms. The number of benzene rings is 1. The predicted octanol–water partition coefficient (Wildman–Crippen LogP) is 1.55. The quantitative estimate of drug-likeness (QED) is 0.872. The molecule has 0 spiro atoms. The van der Waals surface area contributed by atoms with Crippen molar-refractivity contribution in [2.75, 3.05) is 0 Å². The van der Waals surface area contributed by atoms with E-state index in [9.17, 15) is 4.39 Å². The third-order valence-electron chi connectivity index (χ3n) is 2.56. The van der Waals surface area contributed by atoms with Crippen molar-refractivity contribution in [3.63, 3.8) is 0 Å². The summed E-state index contributed by atoms with van der Waals surface area (Å²) in [6, 6.07) is 4.80. The molecule has 1 heterocycles. The van der Waals surface area contributed by atoms with E-state index >= 15 is 0 Å². The number of hydrogen-bond donors (Lipinski definition) is 1. The Kier molecular flexibility index (Phi) is 3.49. The Balaban J connectivity index is 1.91. The van der Waals surface area contributed by atoms with Crippen molar-refractivity contribution in [3.8, 4) is 0 Å². The second kappa shape index (κ2) is 5.05. The number of rotatable bonds is 4. The molecule has 0 saturated carbocycles. The van der Waals surface area contributed by atoms with Crippen LogP contribution in [0.15, 0.2) is 24.5 Å². The smallest absolute Gasteiger partial charge is 0.164 e. The van der Waals surface area contributed by atoms with Gasteiger partial charge < -0.3 is 5.32 Å². The second-order valence-electron chi connectivity index (χ2n) is 4.01. The van der Waals surface area contributed by atoms with Gasteiger partial charge in [0.05, 0.1) is 6.54 Å². The predicted molar refractivity (Wildman–Crippen MR) is 62.7 cm³/mol. The molecule has 2 aromatic rings. The van der Waals surface area contributed by atoms with Gasteiger partial charge >= 0.3 is 0 Å². The van der Waals surface area contributed by atoms with Gasteiger partial charge in [-0.25, -0.2) is 9.37 Å². The molecule has 0 bridgehead atoms. The summed E-state index contributed by atoms with van der Waals surface area (Å²) < 4.78 is 14.7. The van der Waals surface area contributed by atoms with E-state index in [0.717, 1.165) is 17.0 Å². The average molecular weight is 234 g/mol. The zero-order chi connectivity index (χ0) is 12.3. The molecule has 0 radical (unpaired) electrons. The topological polar surface area (TPSA) is 42.7 Å². The summed E-state index contributed by atoms with van der Waals surface area (Å²) in [5.41, 5.74) is 2.04. The summed E-state index contributed by atoms with van der Waals surface area (Å²) in [6.45, 7) is 3.16. The molecule has 0 unspecified atom stereocenters. The van der Waals surface area contributed by atoms with E-state index in [1.807, 2.05) is 14.0 Å². The molecule has 0 saturated heterocycles. The fraction of sp³-hybridized carbons (Fsp3) is 0.333. The van der Waals surface area contributed by atoms with Gasteiger partial charge in [-0.2, -0.15) is 5.10 Å². The molecular formula is C12H15FN4. The molecule has 0 fully saturated rings. The molecule has 0 aliphatic heterocycles. The van der Waals surface area contributed by atoms with Crippen LogP contribution in [0.25, 0.3) is 0 Å². The van der Waals surface area contributed by atoms with E-state index < -0.39 is 0 Å². The normalized spacial score (nSPS) is 10.8. The molecule has 90 valence electrons. The lowest BCUT2D eigenvalue weighted by Crippen LogP contribution is -2.15. The Morgan fingerprint density at radius 3 is 2.88 bits per heavy atom. The first-order chi connectivity index (χ1) is 8.15. The van der Waals surface area contributed by atoms with Crippen molar-refractivity contribution in [2.45, 2.75) is 20.0 Å². The van der Waals surface area contributed by atoms with Crippen LogP contribution in [0.2, 0.25) is 0 Å². The molecule has 0 aliphatic carbocycles. The Labute approximate surface area is 99.5 Å². The first kappa shape index (κ1) is 11.7. The van der Waals surface area contributed by atoms with Crippen LogP contribution in [-0.2, 0) is 20.1 Å². The van der Waals surface area contributed by atoms with Crippen molar-refractivity contribution in [1.29, 1.82) is 0 Å². The highest BCUT2D eigenvalue weighted by Crippen LogP contribution is 2.09. The first-order valence-corrected chi connectivity index (χ1v) is 5.45. The van der Waals surface area contributed by atoms with Crippen LogP contribution in [0.4, 0.5) is 4.39 Å². The van der Waals surface area contributed by atoms with Crippen LogP contribution in [0.3, 0.4) is 0 Å². The van der Waals surface area contributed by atoms with Crippen molar-refractivity contribution < 1.29 is 4.39 Å². The third-order valence-corrected chi connectivity index (χ3v) is 2.56. The number of aromatic nitrogens is 3. The summed E-state index contributed by atoms with van der Waals surface area (Å²) in [4.78, 5) is 4.10. The van der Waals surface area contributed by atoms with Crippen molar-refractivity contribution >= 4 is 0 Å². The summed E-state index contributed by atoms with van der Waals surface area (Å²) in [6.07, 6.45) is 1.66. The van der Waals surface area contributed by atoms with Crippen LogP contribution < -0.4 is 5.32 Å². The van der Waals surface area contributed by atoms with Crippen LogP contribution in [0.1, 0.15) is 17.0 Å². The fourth-order valence-electron chi connectivity index (χ4n) is 1.60. The molecule has 0 atom stereocenters. The van der Waals surface area contributed by atoms with Gasteiger partial charge in [0.2, 0.25) is 0 Å². The van der Waals surface area contributed by atoms with E-state index in [0.29, 0.717) is 13.1 Å².